The highest BCUT2D eigenvalue weighted by molar-refractivity contribution is 5.81. The molecule has 0 aromatic heterocycles. The first-order chi connectivity index (χ1) is 8.83. The number of rotatable bonds is 7. The third-order valence-electron chi connectivity index (χ3n) is 3.62. The van der Waals surface area contributed by atoms with Gasteiger partial charge in [-0.2, -0.15) is 0 Å². The molecule has 0 bridgehead atoms. The van der Waals surface area contributed by atoms with Crippen LogP contribution in [0.5, 0.6) is 0 Å². The van der Waals surface area contributed by atoms with Crippen LogP contribution in [0.15, 0.2) is 0 Å². The molecule has 0 aliphatic heterocycles. The Bertz CT molecular complexity index is 292. The van der Waals surface area contributed by atoms with Gasteiger partial charge in [0.1, 0.15) is 0 Å². The van der Waals surface area contributed by atoms with Crippen molar-refractivity contribution < 1.29 is 4.79 Å². The van der Waals surface area contributed by atoms with Gasteiger partial charge in [0, 0.05) is 12.0 Å². The Balaban J connectivity index is 3.97. The summed E-state index contributed by atoms with van der Waals surface area (Å²) in [7, 11) is 0. The monoisotopic (exact) mass is 283 g/mol. The van der Waals surface area contributed by atoms with Gasteiger partial charge in [0.25, 0.3) is 0 Å². The first kappa shape index (κ1) is 19.5. The molecule has 2 heteroatoms. The second-order valence-electron chi connectivity index (χ2n) is 9.25. The van der Waals surface area contributed by atoms with E-state index in [1.54, 1.807) is 0 Å². The van der Waals surface area contributed by atoms with Gasteiger partial charge in [0.05, 0.1) is 0 Å². The van der Waals surface area contributed by atoms with E-state index >= 15 is 0 Å². The van der Waals surface area contributed by atoms with Crippen LogP contribution in [0.25, 0.3) is 0 Å². The molecular formula is C18H37NO. The molecule has 120 valence electrons. The zero-order valence-corrected chi connectivity index (χ0v) is 15.2. The molecule has 0 saturated carbocycles. The molecule has 0 rings (SSSR count). The standard InChI is InChI=1S/C18H37NO/c1-16(2,3)12-10-9-11-13-18(7,8)15(20)19-14-17(4,5)6/h9-14H2,1-8H3,(H,19,20). The van der Waals surface area contributed by atoms with Gasteiger partial charge >= 0.3 is 0 Å². The molecule has 2 nitrogen and oxygen atoms in total. The van der Waals surface area contributed by atoms with Crippen molar-refractivity contribution in [1.29, 1.82) is 0 Å². The van der Waals surface area contributed by atoms with Crippen molar-refractivity contribution in [2.75, 3.05) is 6.54 Å². The zero-order valence-electron chi connectivity index (χ0n) is 15.2. The third-order valence-corrected chi connectivity index (χ3v) is 3.62. The lowest BCUT2D eigenvalue weighted by atomic mass is 9.84. The summed E-state index contributed by atoms with van der Waals surface area (Å²) in [6.45, 7) is 18.2. The van der Waals surface area contributed by atoms with Crippen molar-refractivity contribution >= 4 is 5.91 Å². The van der Waals surface area contributed by atoms with Crippen LogP contribution in [0, 0.1) is 16.2 Å². The minimum Gasteiger partial charge on any atom is -0.355 e. The lowest BCUT2D eigenvalue weighted by Crippen LogP contribution is -2.40. The minimum absolute atomic E-state index is 0.151. The van der Waals surface area contributed by atoms with Gasteiger partial charge in [-0.25, -0.2) is 0 Å². The molecule has 0 atom stereocenters. The summed E-state index contributed by atoms with van der Waals surface area (Å²) < 4.78 is 0. The molecule has 1 amide bonds. The van der Waals surface area contributed by atoms with E-state index in [4.69, 9.17) is 0 Å². The predicted molar refractivity (Wildman–Crippen MR) is 88.8 cm³/mol. The number of nitrogens with one attached hydrogen (secondary N) is 1. The molecule has 20 heavy (non-hydrogen) atoms. The molecule has 0 aromatic rings. The maximum Gasteiger partial charge on any atom is 0.225 e. The fourth-order valence-corrected chi connectivity index (χ4v) is 2.10. The maximum atomic E-state index is 12.2. The summed E-state index contributed by atoms with van der Waals surface area (Å²) in [6, 6.07) is 0. The smallest absolute Gasteiger partial charge is 0.225 e. The Morgan fingerprint density at radius 2 is 1.25 bits per heavy atom. The normalized spacial score (nSPS) is 13.4. The summed E-state index contributed by atoms with van der Waals surface area (Å²) in [4.78, 5) is 12.2. The van der Waals surface area contributed by atoms with E-state index in [2.05, 4.69) is 60.7 Å². The van der Waals surface area contributed by atoms with Crippen molar-refractivity contribution in [2.24, 2.45) is 16.2 Å². The van der Waals surface area contributed by atoms with Crippen LogP contribution in [0.4, 0.5) is 0 Å². The molecule has 0 saturated heterocycles. The highest BCUT2D eigenvalue weighted by Crippen LogP contribution is 2.27. The molecule has 0 unspecified atom stereocenters. The summed E-state index contributed by atoms with van der Waals surface area (Å²) in [5, 5.41) is 3.09. The van der Waals surface area contributed by atoms with Crippen LogP contribution in [0.2, 0.25) is 0 Å². The third kappa shape index (κ3) is 10.3. The number of carbonyl (C=O) groups is 1. The van der Waals surface area contributed by atoms with Crippen molar-refractivity contribution in [1.82, 2.24) is 5.32 Å². The van der Waals surface area contributed by atoms with Gasteiger partial charge in [-0.15, -0.1) is 0 Å². The Hall–Kier alpha value is -0.530. The van der Waals surface area contributed by atoms with Crippen molar-refractivity contribution in [3.63, 3.8) is 0 Å². The molecular weight excluding hydrogens is 246 g/mol. The molecule has 0 aliphatic rings. The first-order valence-corrected chi connectivity index (χ1v) is 8.12. The van der Waals surface area contributed by atoms with E-state index in [0.29, 0.717) is 5.41 Å². The molecule has 1 N–H and O–H groups in total. The van der Waals surface area contributed by atoms with E-state index in [1.165, 1.54) is 19.3 Å². The molecule has 0 radical (unpaired) electrons. The summed E-state index contributed by atoms with van der Waals surface area (Å²) in [5.74, 6) is 0.197. The number of unbranched alkanes of at least 4 members (excludes halogenated alkanes) is 2. The van der Waals surface area contributed by atoms with Crippen LogP contribution in [-0.4, -0.2) is 12.5 Å². The summed E-state index contributed by atoms with van der Waals surface area (Å²) in [6.07, 6.45) is 5.89. The number of hydrogen-bond donors (Lipinski definition) is 1. The number of carbonyl (C=O) groups excluding carboxylic acids is 1. The van der Waals surface area contributed by atoms with E-state index < -0.39 is 0 Å². The zero-order chi connectivity index (χ0) is 16.0. The Labute approximate surface area is 127 Å². The average molecular weight is 284 g/mol. The van der Waals surface area contributed by atoms with Gasteiger partial charge in [0.2, 0.25) is 5.91 Å². The Morgan fingerprint density at radius 3 is 1.70 bits per heavy atom. The highest BCUT2D eigenvalue weighted by Gasteiger charge is 2.27. The predicted octanol–water partition coefficient (Wildman–Crippen LogP) is 5.17. The highest BCUT2D eigenvalue weighted by atomic mass is 16.2. The van der Waals surface area contributed by atoms with Crippen LogP contribution in [0.3, 0.4) is 0 Å². The topological polar surface area (TPSA) is 29.1 Å². The maximum absolute atomic E-state index is 12.2. The molecule has 0 heterocycles. The van der Waals surface area contributed by atoms with Crippen molar-refractivity contribution in [2.45, 2.75) is 87.5 Å². The van der Waals surface area contributed by atoms with E-state index in [1.807, 2.05) is 0 Å². The Morgan fingerprint density at radius 1 is 0.750 bits per heavy atom. The SMILES string of the molecule is CC(C)(C)CCCCCC(C)(C)C(=O)NCC(C)(C)C. The first-order valence-electron chi connectivity index (χ1n) is 8.12. The minimum atomic E-state index is -0.243. The van der Waals surface area contributed by atoms with Crippen LogP contribution in [-0.2, 0) is 4.79 Å². The largest absolute Gasteiger partial charge is 0.355 e. The molecule has 0 spiro atoms. The summed E-state index contributed by atoms with van der Waals surface area (Å²) in [5.41, 5.74) is 0.338. The summed E-state index contributed by atoms with van der Waals surface area (Å²) >= 11 is 0. The second kappa shape index (κ2) is 7.47. The van der Waals surface area contributed by atoms with Crippen LogP contribution in [0.1, 0.15) is 87.5 Å². The number of amides is 1. The quantitative estimate of drug-likeness (QED) is 0.641. The van der Waals surface area contributed by atoms with Crippen LogP contribution < -0.4 is 5.32 Å². The van der Waals surface area contributed by atoms with Gasteiger partial charge in [-0.05, 0) is 23.7 Å². The fourth-order valence-electron chi connectivity index (χ4n) is 2.10. The van der Waals surface area contributed by atoms with Crippen molar-refractivity contribution in [3.8, 4) is 0 Å². The average Bonchev–Trinajstić information content (AvgIpc) is 2.22. The molecule has 0 aliphatic carbocycles. The van der Waals surface area contributed by atoms with E-state index in [0.717, 1.165) is 19.4 Å². The van der Waals surface area contributed by atoms with Gasteiger partial charge < -0.3 is 5.32 Å². The van der Waals surface area contributed by atoms with Crippen molar-refractivity contribution in [3.05, 3.63) is 0 Å². The fraction of sp³-hybridized carbons (Fsp3) is 0.944. The van der Waals surface area contributed by atoms with Crippen LogP contribution >= 0.6 is 0 Å². The Kier molecular flexibility index (Phi) is 7.27. The van der Waals surface area contributed by atoms with E-state index in [9.17, 15) is 4.79 Å². The van der Waals surface area contributed by atoms with Gasteiger partial charge in [-0.3, -0.25) is 4.79 Å². The van der Waals surface area contributed by atoms with Gasteiger partial charge in [0.15, 0.2) is 0 Å². The molecule has 0 aromatic carbocycles. The van der Waals surface area contributed by atoms with Gasteiger partial charge in [-0.1, -0.05) is 74.7 Å². The lowest BCUT2D eigenvalue weighted by Gasteiger charge is -2.27. The van der Waals surface area contributed by atoms with E-state index in [-0.39, 0.29) is 16.7 Å². The lowest BCUT2D eigenvalue weighted by molar-refractivity contribution is -0.130. The molecule has 0 fully saturated rings. The second-order valence-corrected chi connectivity index (χ2v) is 9.25. The number of hydrogen-bond acceptors (Lipinski definition) is 1.